The number of amides is 1. The third-order valence-corrected chi connectivity index (χ3v) is 5.39. The first-order valence-electron chi connectivity index (χ1n) is 7.27. The van der Waals surface area contributed by atoms with Gasteiger partial charge in [0.2, 0.25) is 15.9 Å². The summed E-state index contributed by atoms with van der Waals surface area (Å²) in [4.78, 5) is 12.1. The summed E-state index contributed by atoms with van der Waals surface area (Å²) in [6.07, 6.45) is 1.88. The van der Waals surface area contributed by atoms with E-state index < -0.39 is 16.1 Å². The van der Waals surface area contributed by atoms with Gasteiger partial charge in [-0.3, -0.25) is 4.79 Å². The second-order valence-corrected chi connectivity index (χ2v) is 7.20. The van der Waals surface area contributed by atoms with Crippen LogP contribution in [0.3, 0.4) is 0 Å². The predicted molar refractivity (Wildman–Crippen MR) is 87.0 cm³/mol. The Bertz CT molecular complexity index is 621. The molecule has 2 rings (SSSR count). The number of sulfonamides is 1. The van der Waals surface area contributed by atoms with E-state index in [9.17, 15) is 13.2 Å². The maximum atomic E-state index is 12.3. The Balaban J connectivity index is 0.00000264. The Labute approximate surface area is 142 Å². The van der Waals surface area contributed by atoms with Gasteiger partial charge in [0, 0.05) is 12.6 Å². The average Bonchev–Trinajstić information content (AvgIpc) is 2.79. The van der Waals surface area contributed by atoms with Gasteiger partial charge in [0.15, 0.2) is 5.76 Å². The summed E-state index contributed by atoms with van der Waals surface area (Å²) >= 11 is 0. The molecular formula is C13H23ClN4O4S. The average molecular weight is 367 g/mol. The van der Waals surface area contributed by atoms with Crippen molar-refractivity contribution in [3.05, 3.63) is 11.5 Å². The highest BCUT2D eigenvalue weighted by atomic mass is 35.5. The van der Waals surface area contributed by atoms with Crippen molar-refractivity contribution in [3.63, 3.8) is 0 Å². The summed E-state index contributed by atoms with van der Waals surface area (Å²) in [5.74, 6) is -0.141. The van der Waals surface area contributed by atoms with Crippen LogP contribution in [-0.4, -0.2) is 44.7 Å². The highest BCUT2D eigenvalue weighted by Crippen LogP contribution is 2.18. The lowest BCUT2D eigenvalue weighted by Crippen LogP contribution is -2.52. The number of nitrogens with zero attached hydrogens (tertiary/aromatic N) is 1. The van der Waals surface area contributed by atoms with Crippen LogP contribution in [0.5, 0.6) is 0 Å². The number of piperidine rings is 1. The highest BCUT2D eigenvalue weighted by Gasteiger charge is 2.29. The minimum atomic E-state index is -3.85. The molecule has 23 heavy (non-hydrogen) atoms. The number of carbonyl (C=O) groups is 1. The zero-order chi connectivity index (χ0) is 16.3. The first kappa shape index (κ1) is 19.9. The van der Waals surface area contributed by atoms with Crippen molar-refractivity contribution in [2.75, 3.05) is 13.1 Å². The van der Waals surface area contributed by atoms with Crippen LogP contribution in [0.25, 0.3) is 0 Å². The van der Waals surface area contributed by atoms with Gasteiger partial charge in [0.25, 0.3) is 0 Å². The Hall–Kier alpha value is -1.16. The van der Waals surface area contributed by atoms with E-state index in [-0.39, 0.29) is 40.7 Å². The van der Waals surface area contributed by atoms with Crippen LogP contribution in [0.2, 0.25) is 0 Å². The molecule has 1 fully saturated rings. The largest absolute Gasteiger partial charge is 0.360 e. The number of nitrogens with one attached hydrogen (secondary N) is 3. The van der Waals surface area contributed by atoms with E-state index in [1.54, 1.807) is 6.92 Å². The molecule has 1 aromatic rings. The van der Waals surface area contributed by atoms with E-state index in [2.05, 4.69) is 20.5 Å². The number of hydrogen-bond acceptors (Lipinski definition) is 6. The molecule has 0 bridgehead atoms. The van der Waals surface area contributed by atoms with Crippen LogP contribution < -0.4 is 15.4 Å². The molecule has 1 amide bonds. The monoisotopic (exact) mass is 366 g/mol. The van der Waals surface area contributed by atoms with E-state index in [0.717, 1.165) is 19.4 Å². The lowest BCUT2D eigenvalue weighted by atomic mass is 10.1. The molecule has 1 aliphatic heterocycles. The molecule has 2 unspecified atom stereocenters. The predicted octanol–water partition coefficient (Wildman–Crippen LogP) is 0.248. The van der Waals surface area contributed by atoms with Gasteiger partial charge in [0.1, 0.15) is 10.6 Å². The van der Waals surface area contributed by atoms with Gasteiger partial charge in [0.05, 0.1) is 6.04 Å². The third-order valence-electron chi connectivity index (χ3n) is 3.61. The number of halogens is 1. The van der Waals surface area contributed by atoms with Crippen LogP contribution in [0.4, 0.5) is 0 Å². The molecule has 0 saturated carbocycles. The second-order valence-electron chi connectivity index (χ2n) is 5.55. The second kappa shape index (κ2) is 8.09. The van der Waals surface area contributed by atoms with E-state index in [0.29, 0.717) is 6.54 Å². The fraction of sp³-hybridized carbons (Fsp3) is 0.692. The van der Waals surface area contributed by atoms with Gasteiger partial charge in [-0.05, 0) is 40.2 Å². The summed E-state index contributed by atoms with van der Waals surface area (Å²) in [7, 11) is -3.85. The Morgan fingerprint density at radius 1 is 1.43 bits per heavy atom. The number of hydrogen-bond donors (Lipinski definition) is 3. The summed E-state index contributed by atoms with van der Waals surface area (Å²) < 4.78 is 31.9. The van der Waals surface area contributed by atoms with Crippen LogP contribution in [0, 0.1) is 13.8 Å². The fourth-order valence-corrected chi connectivity index (χ4v) is 4.04. The minimum absolute atomic E-state index is 0. The Morgan fingerprint density at radius 2 is 2.13 bits per heavy atom. The smallest absolute Gasteiger partial charge is 0.246 e. The topological polar surface area (TPSA) is 113 Å². The molecule has 1 saturated heterocycles. The molecule has 3 N–H and O–H groups in total. The number of aromatic nitrogens is 1. The molecule has 2 atom stereocenters. The van der Waals surface area contributed by atoms with Crippen molar-refractivity contribution >= 4 is 28.3 Å². The molecule has 0 aliphatic carbocycles. The molecular weight excluding hydrogens is 344 g/mol. The van der Waals surface area contributed by atoms with Crippen molar-refractivity contribution in [1.29, 1.82) is 0 Å². The van der Waals surface area contributed by atoms with Crippen LogP contribution in [0.1, 0.15) is 31.2 Å². The zero-order valence-electron chi connectivity index (χ0n) is 13.4. The molecule has 10 heteroatoms. The highest BCUT2D eigenvalue weighted by molar-refractivity contribution is 7.89. The Morgan fingerprint density at radius 3 is 2.65 bits per heavy atom. The molecule has 1 aliphatic rings. The van der Waals surface area contributed by atoms with Crippen molar-refractivity contribution in [1.82, 2.24) is 20.5 Å². The molecule has 0 radical (unpaired) electrons. The standard InChI is InChI=1S/C13H22N4O4S.ClH/c1-8-12(10(3)21-16-8)22(19,20)17-9(2)13(18)15-11-5-4-6-14-7-11;/h9,11,14,17H,4-7H2,1-3H3,(H,15,18);1H. The van der Waals surface area contributed by atoms with Crippen molar-refractivity contribution < 1.29 is 17.7 Å². The normalized spacial score (nSPS) is 19.7. The quantitative estimate of drug-likeness (QED) is 0.688. The Kier molecular flexibility index (Phi) is 7.00. The maximum absolute atomic E-state index is 12.3. The SMILES string of the molecule is Cc1noc(C)c1S(=O)(=O)NC(C)C(=O)NC1CCCNC1.Cl. The molecule has 1 aromatic heterocycles. The van der Waals surface area contributed by atoms with Crippen LogP contribution in [-0.2, 0) is 14.8 Å². The summed E-state index contributed by atoms with van der Waals surface area (Å²) in [6, 6.07) is -0.840. The fourth-order valence-electron chi connectivity index (χ4n) is 2.50. The van der Waals surface area contributed by atoms with Crippen LogP contribution >= 0.6 is 12.4 Å². The molecule has 132 valence electrons. The van der Waals surface area contributed by atoms with Gasteiger partial charge >= 0.3 is 0 Å². The lowest BCUT2D eigenvalue weighted by Gasteiger charge is -2.25. The number of carbonyl (C=O) groups excluding carboxylic acids is 1. The summed E-state index contributed by atoms with van der Waals surface area (Å²) in [5.41, 5.74) is 0.272. The third kappa shape index (κ3) is 4.90. The van der Waals surface area contributed by atoms with Gasteiger partial charge in [-0.15, -0.1) is 12.4 Å². The molecule has 0 spiro atoms. The van der Waals surface area contributed by atoms with E-state index in [1.807, 2.05) is 0 Å². The first-order chi connectivity index (χ1) is 10.3. The molecule has 8 nitrogen and oxygen atoms in total. The van der Waals surface area contributed by atoms with E-state index in [1.165, 1.54) is 13.8 Å². The van der Waals surface area contributed by atoms with E-state index in [4.69, 9.17) is 4.52 Å². The number of rotatable bonds is 5. The van der Waals surface area contributed by atoms with Gasteiger partial charge < -0.3 is 15.2 Å². The van der Waals surface area contributed by atoms with Gasteiger partial charge in [-0.2, -0.15) is 4.72 Å². The molecule has 2 heterocycles. The van der Waals surface area contributed by atoms with Crippen molar-refractivity contribution in [2.45, 2.75) is 50.6 Å². The van der Waals surface area contributed by atoms with Gasteiger partial charge in [-0.1, -0.05) is 5.16 Å². The van der Waals surface area contributed by atoms with Crippen molar-refractivity contribution in [3.8, 4) is 0 Å². The van der Waals surface area contributed by atoms with Gasteiger partial charge in [-0.25, -0.2) is 8.42 Å². The molecule has 0 aromatic carbocycles. The minimum Gasteiger partial charge on any atom is -0.360 e. The summed E-state index contributed by atoms with van der Waals surface area (Å²) in [6.45, 7) is 6.23. The first-order valence-corrected chi connectivity index (χ1v) is 8.76. The van der Waals surface area contributed by atoms with E-state index >= 15 is 0 Å². The maximum Gasteiger partial charge on any atom is 0.246 e. The lowest BCUT2D eigenvalue weighted by molar-refractivity contribution is -0.123. The zero-order valence-corrected chi connectivity index (χ0v) is 15.0. The number of aryl methyl sites for hydroxylation is 2. The summed E-state index contributed by atoms with van der Waals surface area (Å²) in [5, 5.41) is 9.66. The van der Waals surface area contributed by atoms with Crippen LogP contribution in [0.15, 0.2) is 9.42 Å². The van der Waals surface area contributed by atoms with Crippen molar-refractivity contribution in [2.24, 2.45) is 0 Å².